The van der Waals surface area contributed by atoms with E-state index in [4.69, 9.17) is 0 Å². The minimum absolute atomic E-state index is 0.119. The molecule has 1 unspecified atom stereocenters. The summed E-state index contributed by atoms with van der Waals surface area (Å²) >= 11 is 0. The van der Waals surface area contributed by atoms with Gasteiger partial charge < -0.3 is 0 Å². The summed E-state index contributed by atoms with van der Waals surface area (Å²) in [5, 5.41) is 11.6. The van der Waals surface area contributed by atoms with Crippen LogP contribution in [0.2, 0.25) is 0 Å². The Bertz CT molecular complexity index is 373. The number of nitrogens with zero attached hydrogens (tertiary/aromatic N) is 5. The summed E-state index contributed by atoms with van der Waals surface area (Å²) in [6, 6.07) is 0. The van der Waals surface area contributed by atoms with Crippen molar-refractivity contribution in [2.45, 2.75) is 32.2 Å². The van der Waals surface area contributed by atoms with Crippen molar-refractivity contribution < 1.29 is 4.79 Å². The van der Waals surface area contributed by atoms with Crippen LogP contribution in [0.15, 0.2) is 0 Å². The fourth-order valence-corrected chi connectivity index (χ4v) is 1.49. The highest BCUT2D eigenvalue weighted by Gasteiger charge is 2.33. The molecular formula is C10H19N5O. The van der Waals surface area contributed by atoms with Gasteiger partial charge in [-0.1, -0.05) is 6.92 Å². The van der Waals surface area contributed by atoms with E-state index >= 15 is 0 Å². The minimum Gasteiger partial charge on any atom is -0.297 e. The Balaban J connectivity index is 2.78. The summed E-state index contributed by atoms with van der Waals surface area (Å²) in [6.45, 7) is 3.94. The van der Waals surface area contributed by atoms with Crippen LogP contribution in [-0.4, -0.2) is 50.5 Å². The Labute approximate surface area is 95.6 Å². The summed E-state index contributed by atoms with van der Waals surface area (Å²) in [4.78, 5) is 15.5. The Morgan fingerprint density at radius 3 is 2.50 bits per heavy atom. The normalized spacial score (nSPS) is 15.1. The third-order valence-corrected chi connectivity index (χ3v) is 3.14. The lowest BCUT2D eigenvalue weighted by molar-refractivity contribution is -0.128. The molecule has 6 nitrogen and oxygen atoms in total. The highest BCUT2D eigenvalue weighted by molar-refractivity contribution is 5.89. The first kappa shape index (κ1) is 12.8. The van der Waals surface area contributed by atoms with E-state index in [0.29, 0.717) is 5.82 Å². The first-order valence-electron chi connectivity index (χ1n) is 5.33. The highest BCUT2D eigenvalue weighted by Crippen LogP contribution is 2.18. The second-order valence-electron chi connectivity index (χ2n) is 4.32. The molecule has 0 bridgehead atoms. The Morgan fingerprint density at radius 1 is 1.50 bits per heavy atom. The molecule has 0 spiro atoms. The molecular weight excluding hydrogens is 206 g/mol. The van der Waals surface area contributed by atoms with E-state index in [0.717, 1.165) is 6.42 Å². The third-order valence-electron chi connectivity index (χ3n) is 3.14. The number of rotatable bonds is 5. The van der Waals surface area contributed by atoms with Gasteiger partial charge in [-0.05, 0) is 32.7 Å². The van der Waals surface area contributed by atoms with E-state index in [1.54, 1.807) is 7.05 Å². The van der Waals surface area contributed by atoms with Crippen LogP contribution in [-0.2, 0) is 18.3 Å². The van der Waals surface area contributed by atoms with Crippen molar-refractivity contribution in [1.29, 1.82) is 0 Å². The number of carbonyl (C=O) groups excluding carboxylic acids is 1. The van der Waals surface area contributed by atoms with Crippen LogP contribution in [0.1, 0.15) is 26.1 Å². The van der Waals surface area contributed by atoms with Crippen LogP contribution in [0.3, 0.4) is 0 Å². The zero-order chi connectivity index (χ0) is 12.3. The molecule has 1 atom stereocenters. The monoisotopic (exact) mass is 225 g/mol. The fraction of sp³-hybridized carbons (Fsp3) is 0.800. The first-order chi connectivity index (χ1) is 7.40. The molecule has 1 rings (SSSR count). The molecule has 0 fully saturated rings. The zero-order valence-electron chi connectivity index (χ0n) is 10.6. The van der Waals surface area contributed by atoms with Gasteiger partial charge in [0, 0.05) is 0 Å². The standard InChI is InChI=1S/C10H19N5O/c1-6-10(2,14(3)4)8(16)7-9-11-13-15(5)12-9/h6-7H2,1-5H3. The Kier molecular flexibility index (Phi) is 3.74. The van der Waals surface area contributed by atoms with Gasteiger partial charge in [0.05, 0.1) is 19.0 Å². The molecule has 0 aromatic carbocycles. The van der Waals surface area contributed by atoms with Crippen LogP contribution in [0.25, 0.3) is 0 Å². The van der Waals surface area contributed by atoms with Crippen LogP contribution in [0.4, 0.5) is 0 Å². The first-order valence-corrected chi connectivity index (χ1v) is 5.33. The number of likely N-dealkylation sites (N-methyl/N-ethyl adjacent to an activating group) is 1. The molecule has 1 heterocycles. The summed E-state index contributed by atoms with van der Waals surface area (Å²) in [5.74, 6) is 0.599. The van der Waals surface area contributed by atoms with Crippen molar-refractivity contribution in [2.75, 3.05) is 14.1 Å². The summed E-state index contributed by atoms with van der Waals surface area (Å²) in [6.07, 6.45) is 0.995. The van der Waals surface area contributed by atoms with Gasteiger partial charge in [0.2, 0.25) is 0 Å². The molecule has 16 heavy (non-hydrogen) atoms. The number of tetrazole rings is 1. The fourth-order valence-electron chi connectivity index (χ4n) is 1.49. The molecule has 0 aliphatic rings. The van der Waals surface area contributed by atoms with Gasteiger partial charge in [-0.15, -0.1) is 10.2 Å². The van der Waals surface area contributed by atoms with E-state index in [9.17, 15) is 4.79 Å². The molecule has 6 heteroatoms. The number of hydrogen-bond donors (Lipinski definition) is 0. The van der Waals surface area contributed by atoms with Gasteiger partial charge in [-0.3, -0.25) is 9.69 Å². The maximum Gasteiger partial charge on any atom is 0.182 e. The van der Waals surface area contributed by atoms with Crippen molar-refractivity contribution in [3.8, 4) is 0 Å². The maximum atomic E-state index is 12.2. The van der Waals surface area contributed by atoms with Gasteiger partial charge in [0.25, 0.3) is 0 Å². The van der Waals surface area contributed by atoms with Crippen LogP contribution in [0, 0.1) is 0 Å². The molecule has 0 radical (unpaired) electrons. The smallest absolute Gasteiger partial charge is 0.182 e. The zero-order valence-corrected chi connectivity index (χ0v) is 10.6. The molecule has 1 aromatic rings. The topological polar surface area (TPSA) is 63.9 Å². The lowest BCUT2D eigenvalue weighted by atomic mass is 9.90. The van der Waals surface area contributed by atoms with Gasteiger partial charge in [0.1, 0.15) is 0 Å². The lowest BCUT2D eigenvalue weighted by Gasteiger charge is -2.33. The van der Waals surface area contributed by atoms with Gasteiger partial charge in [-0.25, -0.2) is 0 Å². The van der Waals surface area contributed by atoms with Gasteiger partial charge in [-0.2, -0.15) is 4.80 Å². The van der Waals surface area contributed by atoms with E-state index in [1.807, 2.05) is 32.8 Å². The van der Waals surface area contributed by atoms with Crippen molar-refractivity contribution in [3.05, 3.63) is 5.82 Å². The van der Waals surface area contributed by atoms with Gasteiger partial charge >= 0.3 is 0 Å². The summed E-state index contributed by atoms with van der Waals surface area (Å²) in [5.41, 5.74) is -0.459. The molecule has 0 aliphatic carbocycles. The maximum absolute atomic E-state index is 12.2. The molecule has 0 amide bonds. The average molecular weight is 225 g/mol. The second kappa shape index (κ2) is 4.69. The van der Waals surface area contributed by atoms with Crippen LogP contribution < -0.4 is 0 Å². The molecule has 0 saturated carbocycles. The number of aryl methyl sites for hydroxylation is 1. The van der Waals surface area contributed by atoms with E-state index in [2.05, 4.69) is 15.4 Å². The molecule has 90 valence electrons. The largest absolute Gasteiger partial charge is 0.297 e. The summed E-state index contributed by atoms with van der Waals surface area (Å²) in [7, 11) is 5.50. The quantitative estimate of drug-likeness (QED) is 0.708. The minimum atomic E-state index is -0.459. The second-order valence-corrected chi connectivity index (χ2v) is 4.32. The van der Waals surface area contributed by atoms with E-state index in [1.165, 1.54) is 4.80 Å². The third kappa shape index (κ3) is 2.44. The highest BCUT2D eigenvalue weighted by atomic mass is 16.1. The SMILES string of the molecule is CCC(C)(C(=O)Cc1nnn(C)n1)N(C)C. The predicted molar refractivity (Wildman–Crippen MR) is 59.9 cm³/mol. The Hall–Kier alpha value is -1.30. The van der Waals surface area contributed by atoms with Crippen molar-refractivity contribution in [1.82, 2.24) is 25.1 Å². The summed E-state index contributed by atoms with van der Waals surface area (Å²) < 4.78 is 0. The molecule has 1 aromatic heterocycles. The van der Waals surface area contributed by atoms with Crippen molar-refractivity contribution in [2.24, 2.45) is 7.05 Å². The molecule has 0 saturated heterocycles. The van der Waals surface area contributed by atoms with Crippen LogP contribution in [0.5, 0.6) is 0 Å². The number of Topliss-reactive ketones (excluding diaryl/α,β-unsaturated/α-hetero) is 1. The lowest BCUT2D eigenvalue weighted by Crippen LogP contribution is -2.48. The average Bonchev–Trinajstić information content (AvgIpc) is 2.62. The number of carbonyl (C=O) groups is 1. The molecule has 0 N–H and O–H groups in total. The van der Waals surface area contributed by atoms with Crippen molar-refractivity contribution in [3.63, 3.8) is 0 Å². The molecule has 0 aliphatic heterocycles. The van der Waals surface area contributed by atoms with E-state index < -0.39 is 5.54 Å². The predicted octanol–water partition coefficient (Wildman–Crippen LogP) is 0.0520. The van der Waals surface area contributed by atoms with E-state index in [-0.39, 0.29) is 12.2 Å². The number of aromatic nitrogens is 4. The van der Waals surface area contributed by atoms with Crippen molar-refractivity contribution >= 4 is 5.78 Å². The number of ketones is 1. The van der Waals surface area contributed by atoms with Crippen LogP contribution >= 0.6 is 0 Å². The van der Waals surface area contributed by atoms with Gasteiger partial charge in [0.15, 0.2) is 11.6 Å². The Morgan fingerprint density at radius 2 is 2.12 bits per heavy atom. The number of hydrogen-bond acceptors (Lipinski definition) is 5.